The maximum Gasteiger partial charge on any atom is 0.160 e. The topological polar surface area (TPSA) is 56.9 Å². The summed E-state index contributed by atoms with van der Waals surface area (Å²) in [5.74, 6) is 0.950. The summed E-state index contributed by atoms with van der Waals surface area (Å²) in [6.07, 6.45) is 7.63. The number of aryl methyl sites for hydroxylation is 1. The van der Waals surface area contributed by atoms with Crippen LogP contribution in [-0.2, 0) is 24.4 Å². The first-order valence-electron chi connectivity index (χ1n) is 7.81. The van der Waals surface area contributed by atoms with Crippen LogP contribution < -0.4 is 5.32 Å². The summed E-state index contributed by atoms with van der Waals surface area (Å²) in [6, 6.07) is 2.16. The number of imidazole rings is 1. The molecule has 0 amide bonds. The number of nitrogens with one attached hydrogen (secondary N) is 1. The first-order valence-corrected chi connectivity index (χ1v) is 7.81. The van der Waals surface area contributed by atoms with Gasteiger partial charge in [0, 0.05) is 32.1 Å². The van der Waals surface area contributed by atoms with E-state index in [0.29, 0.717) is 6.10 Å². The van der Waals surface area contributed by atoms with Crippen molar-refractivity contribution in [2.75, 3.05) is 13.2 Å². The van der Waals surface area contributed by atoms with E-state index in [4.69, 9.17) is 9.84 Å². The number of hydrogen-bond donors (Lipinski definition) is 1. The van der Waals surface area contributed by atoms with Crippen LogP contribution in [0.2, 0.25) is 0 Å². The lowest BCUT2D eigenvalue weighted by Crippen LogP contribution is -2.15. The Bertz CT molecular complexity index is 588. The summed E-state index contributed by atoms with van der Waals surface area (Å²) in [5.41, 5.74) is 2.21. The lowest BCUT2D eigenvalue weighted by Gasteiger charge is -2.11. The molecule has 0 unspecified atom stereocenters. The summed E-state index contributed by atoms with van der Waals surface area (Å²) in [4.78, 5) is 4.51. The Morgan fingerprint density at radius 1 is 1.38 bits per heavy atom. The molecule has 6 heteroatoms. The van der Waals surface area contributed by atoms with Crippen LogP contribution in [0.4, 0.5) is 0 Å². The standard InChI is InChI=1S/C15H21N5O/c1-3-13(21-8-1)11-19-7-5-17-15(19)14-9-12-10-16-4-2-6-20(12)18-14/h5,7,9,13,16H,1-4,6,8,10-11H2/t13-/m0/s1. The molecule has 1 fully saturated rings. The summed E-state index contributed by atoms with van der Waals surface area (Å²) in [7, 11) is 0. The van der Waals surface area contributed by atoms with Crippen molar-refractivity contribution in [3.05, 3.63) is 24.2 Å². The first-order chi connectivity index (χ1) is 10.4. The first kappa shape index (κ1) is 13.0. The smallest absolute Gasteiger partial charge is 0.160 e. The lowest BCUT2D eigenvalue weighted by molar-refractivity contribution is 0.0973. The van der Waals surface area contributed by atoms with Gasteiger partial charge in [0.25, 0.3) is 0 Å². The van der Waals surface area contributed by atoms with Crippen molar-refractivity contribution in [2.24, 2.45) is 0 Å². The molecule has 0 radical (unpaired) electrons. The van der Waals surface area contributed by atoms with Gasteiger partial charge in [-0.05, 0) is 31.9 Å². The summed E-state index contributed by atoms with van der Waals surface area (Å²) in [5, 5.41) is 8.17. The molecule has 2 aliphatic rings. The highest BCUT2D eigenvalue weighted by Gasteiger charge is 2.20. The number of hydrogen-bond acceptors (Lipinski definition) is 4. The van der Waals surface area contributed by atoms with Gasteiger partial charge in [0.05, 0.1) is 18.3 Å². The van der Waals surface area contributed by atoms with E-state index in [1.54, 1.807) is 0 Å². The molecule has 2 aromatic rings. The largest absolute Gasteiger partial charge is 0.376 e. The predicted molar refractivity (Wildman–Crippen MR) is 78.7 cm³/mol. The fourth-order valence-electron chi connectivity index (χ4n) is 3.17. The van der Waals surface area contributed by atoms with Crippen LogP contribution in [-0.4, -0.2) is 38.6 Å². The van der Waals surface area contributed by atoms with Gasteiger partial charge in [-0.15, -0.1) is 0 Å². The second-order valence-corrected chi connectivity index (χ2v) is 5.81. The molecule has 2 aliphatic heterocycles. The number of nitrogens with zero attached hydrogens (tertiary/aromatic N) is 4. The van der Waals surface area contributed by atoms with Crippen molar-refractivity contribution in [3.8, 4) is 11.5 Å². The Balaban J connectivity index is 1.60. The van der Waals surface area contributed by atoms with Crippen molar-refractivity contribution in [1.82, 2.24) is 24.6 Å². The van der Waals surface area contributed by atoms with E-state index < -0.39 is 0 Å². The van der Waals surface area contributed by atoms with E-state index in [9.17, 15) is 0 Å². The zero-order valence-electron chi connectivity index (χ0n) is 12.2. The zero-order chi connectivity index (χ0) is 14.1. The van der Waals surface area contributed by atoms with Gasteiger partial charge in [0.1, 0.15) is 5.69 Å². The maximum atomic E-state index is 5.73. The minimum Gasteiger partial charge on any atom is -0.376 e. The van der Waals surface area contributed by atoms with Crippen molar-refractivity contribution in [1.29, 1.82) is 0 Å². The summed E-state index contributed by atoms with van der Waals surface area (Å²) in [6.45, 7) is 4.69. The second-order valence-electron chi connectivity index (χ2n) is 5.81. The van der Waals surface area contributed by atoms with E-state index in [1.165, 1.54) is 12.1 Å². The molecule has 0 saturated carbocycles. The van der Waals surface area contributed by atoms with Crippen molar-refractivity contribution in [3.63, 3.8) is 0 Å². The van der Waals surface area contributed by atoms with Crippen LogP contribution in [0.1, 0.15) is 25.0 Å². The maximum absolute atomic E-state index is 5.73. The fraction of sp³-hybridized carbons (Fsp3) is 0.600. The molecule has 4 rings (SSSR count). The second kappa shape index (κ2) is 5.61. The zero-order valence-corrected chi connectivity index (χ0v) is 12.2. The quantitative estimate of drug-likeness (QED) is 0.927. The normalized spacial score (nSPS) is 22.2. The number of fused-ring (bicyclic) bond motifs is 1. The Morgan fingerprint density at radius 3 is 3.29 bits per heavy atom. The Hall–Kier alpha value is -1.66. The molecule has 0 aliphatic carbocycles. The number of rotatable bonds is 3. The average Bonchev–Trinajstić information content (AvgIpc) is 3.20. The molecule has 6 nitrogen and oxygen atoms in total. The van der Waals surface area contributed by atoms with Crippen LogP contribution in [0, 0.1) is 0 Å². The molecular weight excluding hydrogens is 266 g/mol. The van der Waals surface area contributed by atoms with Gasteiger partial charge in [-0.25, -0.2) is 4.98 Å². The van der Waals surface area contributed by atoms with E-state index in [1.807, 2.05) is 12.4 Å². The van der Waals surface area contributed by atoms with Crippen LogP contribution in [0.15, 0.2) is 18.5 Å². The van der Waals surface area contributed by atoms with E-state index in [2.05, 4.69) is 25.6 Å². The van der Waals surface area contributed by atoms with Crippen LogP contribution >= 0.6 is 0 Å². The molecule has 0 bridgehead atoms. The third-order valence-corrected chi connectivity index (χ3v) is 4.26. The Kier molecular flexibility index (Phi) is 3.48. The molecule has 112 valence electrons. The lowest BCUT2D eigenvalue weighted by atomic mass is 10.2. The molecule has 1 atom stereocenters. The fourth-order valence-corrected chi connectivity index (χ4v) is 3.17. The minimum atomic E-state index is 0.319. The van der Waals surface area contributed by atoms with Crippen LogP contribution in [0.3, 0.4) is 0 Å². The Labute approximate surface area is 124 Å². The van der Waals surface area contributed by atoms with Gasteiger partial charge >= 0.3 is 0 Å². The molecule has 0 aromatic carbocycles. The number of ether oxygens (including phenoxy) is 1. The van der Waals surface area contributed by atoms with E-state index in [0.717, 1.165) is 57.1 Å². The predicted octanol–water partition coefficient (Wildman–Crippen LogP) is 1.42. The molecular formula is C15H21N5O. The SMILES string of the molecule is c1cn(C[C@@H]2CCCO2)c(-c2cc3n(n2)CCCNC3)n1. The highest BCUT2D eigenvalue weighted by Crippen LogP contribution is 2.21. The monoisotopic (exact) mass is 287 g/mol. The molecule has 2 aromatic heterocycles. The van der Waals surface area contributed by atoms with Gasteiger partial charge < -0.3 is 14.6 Å². The van der Waals surface area contributed by atoms with Gasteiger partial charge in [-0.2, -0.15) is 5.10 Å². The molecule has 4 heterocycles. The molecule has 1 N–H and O–H groups in total. The summed E-state index contributed by atoms with van der Waals surface area (Å²) < 4.78 is 10.0. The highest BCUT2D eigenvalue weighted by atomic mass is 16.5. The van der Waals surface area contributed by atoms with Gasteiger partial charge in [0.2, 0.25) is 0 Å². The van der Waals surface area contributed by atoms with Crippen molar-refractivity contribution in [2.45, 2.75) is 45.0 Å². The number of aromatic nitrogens is 4. The summed E-state index contributed by atoms with van der Waals surface area (Å²) >= 11 is 0. The third-order valence-electron chi connectivity index (χ3n) is 4.26. The van der Waals surface area contributed by atoms with E-state index in [-0.39, 0.29) is 0 Å². The Morgan fingerprint density at radius 2 is 2.38 bits per heavy atom. The van der Waals surface area contributed by atoms with Crippen LogP contribution in [0.5, 0.6) is 0 Å². The minimum absolute atomic E-state index is 0.319. The highest BCUT2D eigenvalue weighted by molar-refractivity contribution is 5.50. The molecule has 1 saturated heterocycles. The van der Waals surface area contributed by atoms with Crippen LogP contribution in [0.25, 0.3) is 11.5 Å². The third kappa shape index (κ3) is 2.61. The van der Waals surface area contributed by atoms with Gasteiger partial charge in [-0.1, -0.05) is 0 Å². The van der Waals surface area contributed by atoms with E-state index >= 15 is 0 Å². The average molecular weight is 287 g/mol. The van der Waals surface area contributed by atoms with Crippen molar-refractivity contribution >= 4 is 0 Å². The molecule has 21 heavy (non-hydrogen) atoms. The molecule has 0 spiro atoms. The van der Waals surface area contributed by atoms with Crippen molar-refractivity contribution < 1.29 is 4.74 Å². The van der Waals surface area contributed by atoms with Gasteiger partial charge in [0.15, 0.2) is 5.82 Å². The van der Waals surface area contributed by atoms with Gasteiger partial charge in [-0.3, -0.25) is 4.68 Å².